The van der Waals surface area contributed by atoms with Crippen LogP contribution in [0.2, 0.25) is 5.02 Å². The molecular formula is C12H17Cl2NO. The van der Waals surface area contributed by atoms with Crippen LogP contribution in [0, 0.1) is 0 Å². The van der Waals surface area contributed by atoms with E-state index in [2.05, 4.69) is 5.32 Å². The van der Waals surface area contributed by atoms with Gasteiger partial charge in [-0.25, -0.2) is 0 Å². The maximum atomic E-state index is 5.80. The highest BCUT2D eigenvalue weighted by molar-refractivity contribution is 6.30. The molecule has 1 unspecified atom stereocenters. The Kier molecular flexibility index (Phi) is 6.14. The molecule has 0 radical (unpaired) electrons. The maximum Gasteiger partial charge on any atom is 0.0717 e. The largest absolute Gasteiger partial charge is 0.375 e. The van der Waals surface area contributed by atoms with Crippen LogP contribution in [0.4, 0.5) is 0 Å². The van der Waals surface area contributed by atoms with Gasteiger partial charge < -0.3 is 10.1 Å². The summed E-state index contributed by atoms with van der Waals surface area (Å²) in [6.07, 6.45) is 2.51. The Hall–Kier alpha value is -0.280. The summed E-state index contributed by atoms with van der Waals surface area (Å²) in [6, 6.07) is 8.36. The third-order valence-electron chi connectivity index (χ3n) is 2.66. The van der Waals surface area contributed by atoms with Gasteiger partial charge >= 0.3 is 0 Å². The summed E-state index contributed by atoms with van der Waals surface area (Å²) in [5.41, 5.74) is 1.18. The zero-order valence-corrected chi connectivity index (χ0v) is 10.7. The third kappa shape index (κ3) is 4.30. The lowest BCUT2D eigenvalue weighted by Crippen LogP contribution is -2.26. The topological polar surface area (TPSA) is 21.3 Å². The van der Waals surface area contributed by atoms with E-state index in [0.717, 1.165) is 18.2 Å². The molecule has 0 aromatic heterocycles. The number of hydrogen-bond donors (Lipinski definition) is 1. The highest BCUT2D eigenvalue weighted by atomic mass is 35.5. The van der Waals surface area contributed by atoms with Crippen molar-refractivity contribution >= 4 is 24.0 Å². The molecule has 2 nitrogen and oxygen atoms in total. The van der Waals surface area contributed by atoms with Gasteiger partial charge in [0, 0.05) is 11.1 Å². The fourth-order valence-electron chi connectivity index (χ4n) is 1.80. The number of benzene rings is 1. The van der Waals surface area contributed by atoms with Crippen molar-refractivity contribution in [3.8, 4) is 0 Å². The minimum Gasteiger partial charge on any atom is -0.375 e. The van der Waals surface area contributed by atoms with Gasteiger partial charge in [0.1, 0.15) is 0 Å². The molecule has 1 aliphatic rings. The van der Waals surface area contributed by atoms with E-state index in [1.165, 1.54) is 18.4 Å². The molecule has 1 fully saturated rings. The molecule has 0 amide bonds. The average molecular weight is 262 g/mol. The van der Waals surface area contributed by atoms with Crippen LogP contribution in [-0.2, 0) is 11.3 Å². The van der Waals surface area contributed by atoms with Crippen molar-refractivity contribution in [1.82, 2.24) is 5.32 Å². The van der Waals surface area contributed by atoms with Gasteiger partial charge in [-0.1, -0.05) is 23.7 Å². The van der Waals surface area contributed by atoms with Gasteiger partial charge in [-0.05, 0) is 37.1 Å². The Morgan fingerprint density at radius 3 is 2.69 bits per heavy atom. The zero-order valence-electron chi connectivity index (χ0n) is 9.12. The zero-order chi connectivity index (χ0) is 10.5. The van der Waals surface area contributed by atoms with Gasteiger partial charge in [0.15, 0.2) is 0 Å². The number of nitrogens with one attached hydrogen (secondary N) is 1. The van der Waals surface area contributed by atoms with Crippen LogP contribution in [0.25, 0.3) is 0 Å². The summed E-state index contributed by atoms with van der Waals surface area (Å²) in [6.45, 7) is 2.62. The molecule has 0 bridgehead atoms. The van der Waals surface area contributed by atoms with Crippen molar-refractivity contribution in [3.63, 3.8) is 0 Å². The highest BCUT2D eigenvalue weighted by Gasteiger charge is 2.13. The van der Waals surface area contributed by atoms with Crippen molar-refractivity contribution in [2.45, 2.75) is 25.5 Å². The predicted molar refractivity (Wildman–Crippen MR) is 69.4 cm³/mol. The molecule has 0 spiro atoms. The second kappa shape index (κ2) is 7.13. The van der Waals surface area contributed by atoms with Crippen LogP contribution in [0.5, 0.6) is 0 Å². The molecule has 1 aliphatic heterocycles. The van der Waals surface area contributed by atoms with Crippen LogP contribution in [-0.4, -0.2) is 19.2 Å². The molecule has 1 heterocycles. The Balaban J connectivity index is 0.00000128. The maximum absolute atomic E-state index is 5.80. The first kappa shape index (κ1) is 13.8. The van der Waals surface area contributed by atoms with E-state index in [-0.39, 0.29) is 12.4 Å². The fourth-order valence-corrected chi connectivity index (χ4v) is 1.92. The highest BCUT2D eigenvalue weighted by Crippen LogP contribution is 2.11. The van der Waals surface area contributed by atoms with Gasteiger partial charge in [-0.3, -0.25) is 0 Å². The molecule has 1 aromatic rings. The Morgan fingerprint density at radius 2 is 2.06 bits per heavy atom. The summed E-state index contributed by atoms with van der Waals surface area (Å²) < 4.78 is 5.64. The molecule has 1 N–H and O–H groups in total. The van der Waals surface area contributed by atoms with Gasteiger partial charge in [-0.15, -0.1) is 12.4 Å². The summed E-state index contributed by atoms with van der Waals surface area (Å²) in [5.74, 6) is 0. The Morgan fingerprint density at radius 1 is 1.31 bits per heavy atom. The first-order valence-corrected chi connectivity index (χ1v) is 5.78. The van der Waals surface area contributed by atoms with Crippen molar-refractivity contribution in [1.29, 1.82) is 0 Å². The number of rotatable bonds is 4. The summed E-state index contributed by atoms with van der Waals surface area (Å²) >= 11 is 5.80. The van der Waals surface area contributed by atoms with Crippen LogP contribution < -0.4 is 5.32 Å². The molecule has 1 aromatic carbocycles. The molecule has 16 heavy (non-hydrogen) atoms. The molecular weight excluding hydrogens is 245 g/mol. The molecule has 1 saturated heterocycles. The van der Waals surface area contributed by atoms with Crippen LogP contribution in [0.3, 0.4) is 0 Å². The van der Waals surface area contributed by atoms with Crippen LogP contribution in [0.1, 0.15) is 18.4 Å². The van der Waals surface area contributed by atoms with Crippen molar-refractivity contribution in [2.75, 3.05) is 13.2 Å². The number of ether oxygens (including phenoxy) is 1. The van der Waals surface area contributed by atoms with Crippen molar-refractivity contribution < 1.29 is 4.74 Å². The van der Waals surface area contributed by atoms with E-state index in [0.29, 0.717) is 12.6 Å². The lowest BCUT2D eigenvalue weighted by Gasteiger charge is -2.10. The summed E-state index contributed by atoms with van der Waals surface area (Å²) in [4.78, 5) is 0. The minimum atomic E-state index is 0. The predicted octanol–water partition coefficient (Wildman–Crippen LogP) is 3.03. The lowest BCUT2D eigenvalue weighted by molar-refractivity contribution is 0.103. The van der Waals surface area contributed by atoms with E-state index >= 15 is 0 Å². The van der Waals surface area contributed by atoms with Crippen LogP contribution >= 0.6 is 24.0 Å². The fraction of sp³-hybridized carbons (Fsp3) is 0.500. The van der Waals surface area contributed by atoms with Gasteiger partial charge in [0.25, 0.3) is 0 Å². The SMILES string of the molecule is Cl.Clc1ccc(COCC2CCCN2)cc1. The summed E-state index contributed by atoms with van der Waals surface area (Å²) in [5, 5.41) is 4.18. The second-order valence-electron chi connectivity index (χ2n) is 3.93. The third-order valence-corrected chi connectivity index (χ3v) is 2.92. The van der Waals surface area contributed by atoms with Crippen molar-refractivity contribution in [3.05, 3.63) is 34.9 Å². The quantitative estimate of drug-likeness (QED) is 0.900. The van der Waals surface area contributed by atoms with E-state index < -0.39 is 0 Å². The van der Waals surface area contributed by atoms with Gasteiger partial charge in [-0.2, -0.15) is 0 Å². The molecule has 2 rings (SSSR count). The van der Waals surface area contributed by atoms with Crippen LogP contribution in [0.15, 0.2) is 24.3 Å². The van der Waals surface area contributed by atoms with Crippen molar-refractivity contribution in [2.24, 2.45) is 0 Å². The lowest BCUT2D eigenvalue weighted by atomic mass is 10.2. The molecule has 0 aliphatic carbocycles. The monoisotopic (exact) mass is 261 g/mol. The summed E-state index contributed by atoms with van der Waals surface area (Å²) in [7, 11) is 0. The van der Waals surface area contributed by atoms with E-state index in [1.54, 1.807) is 0 Å². The molecule has 90 valence electrons. The first-order valence-electron chi connectivity index (χ1n) is 5.40. The van der Waals surface area contributed by atoms with E-state index in [9.17, 15) is 0 Å². The standard InChI is InChI=1S/C12H16ClNO.ClH/c13-11-5-3-10(4-6-11)8-15-9-12-2-1-7-14-12;/h3-6,12,14H,1-2,7-9H2;1H. The molecule has 1 atom stereocenters. The normalized spacial score (nSPS) is 19.4. The van der Waals surface area contributed by atoms with Gasteiger partial charge in [0.2, 0.25) is 0 Å². The Bertz CT molecular complexity index is 296. The molecule has 0 saturated carbocycles. The second-order valence-corrected chi connectivity index (χ2v) is 4.37. The number of hydrogen-bond acceptors (Lipinski definition) is 2. The van der Waals surface area contributed by atoms with Gasteiger partial charge in [0.05, 0.1) is 13.2 Å². The number of halogens is 2. The smallest absolute Gasteiger partial charge is 0.0717 e. The van der Waals surface area contributed by atoms with E-state index in [1.807, 2.05) is 24.3 Å². The first-order chi connectivity index (χ1) is 7.34. The average Bonchev–Trinajstić information content (AvgIpc) is 2.74. The molecule has 4 heteroatoms. The van der Waals surface area contributed by atoms with E-state index in [4.69, 9.17) is 16.3 Å². The Labute approximate surface area is 108 Å². The minimum absolute atomic E-state index is 0.